The molecule has 0 aliphatic carbocycles. The van der Waals surface area contributed by atoms with Crippen molar-refractivity contribution in [1.82, 2.24) is 58.7 Å². The van der Waals surface area contributed by atoms with Gasteiger partial charge in [0.15, 0.2) is 17.5 Å². The zero-order valence-electron chi connectivity index (χ0n) is 30.0. The van der Waals surface area contributed by atoms with Crippen LogP contribution in [0.2, 0.25) is 0 Å². The maximum atomic E-state index is 5.02. The molecule has 10 aromatic rings. The van der Waals surface area contributed by atoms with E-state index in [2.05, 4.69) is 48.8 Å². The Bertz CT molecular complexity index is 2730. The Hall–Kier alpha value is -5.76. The largest absolute Gasteiger partial charge is 0.215 e. The van der Waals surface area contributed by atoms with Crippen LogP contribution in [0.4, 0.5) is 0 Å². The lowest BCUT2D eigenvalue weighted by molar-refractivity contribution is 1.05. The minimum Gasteiger partial charge on any atom is -0.215 e. The number of hydrogen-bond donors (Lipinski definition) is 0. The molecule has 0 aliphatic heterocycles. The maximum absolute atomic E-state index is 5.02. The third-order valence-electron chi connectivity index (χ3n) is 8.63. The molecule has 276 valence electrons. The van der Waals surface area contributed by atoms with Crippen molar-refractivity contribution >= 4 is 68.6 Å². The fourth-order valence-electron chi connectivity index (χ4n) is 5.98. The summed E-state index contributed by atoms with van der Waals surface area (Å²) in [5.41, 5.74) is 8.23. The summed E-state index contributed by atoms with van der Waals surface area (Å²) in [5.74, 6) is 1.75. The van der Waals surface area contributed by atoms with Gasteiger partial charge < -0.3 is 0 Å². The summed E-state index contributed by atoms with van der Waals surface area (Å²) in [5, 5.41) is 33.3. The number of hydrogen-bond acceptors (Lipinski definition) is 18. The van der Waals surface area contributed by atoms with Crippen molar-refractivity contribution in [2.45, 2.75) is 20.8 Å². The van der Waals surface area contributed by atoms with Crippen molar-refractivity contribution in [2.24, 2.45) is 0 Å². The molecule has 0 N–H and O–H groups in total. The van der Waals surface area contributed by atoms with Gasteiger partial charge in [0.25, 0.3) is 0 Å². The van der Waals surface area contributed by atoms with Crippen LogP contribution in [-0.4, -0.2) is 58.7 Å². The highest BCUT2D eigenvalue weighted by Crippen LogP contribution is 2.37. The van der Waals surface area contributed by atoms with Crippen LogP contribution in [0.3, 0.4) is 0 Å². The number of rotatable bonds is 9. The molecule has 0 aliphatic rings. The first-order chi connectivity index (χ1) is 27.9. The topological polar surface area (TPSA) is 155 Å². The maximum Gasteiger partial charge on any atom is 0.173 e. The summed E-state index contributed by atoms with van der Waals surface area (Å²) in [6, 6.07) is 30.6. The summed E-state index contributed by atoms with van der Waals surface area (Å²) in [4.78, 5) is 15.1. The van der Waals surface area contributed by atoms with Crippen LogP contribution in [0, 0.1) is 20.8 Å². The first kappa shape index (κ1) is 35.6. The first-order valence-electron chi connectivity index (χ1n) is 17.3. The Morgan fingerprint density at radius 2 is 0.579 bits per heavy atom. The fraction of sp³-hybridized carbons (Fsp3) is 0.0769. The van der Waals surface area contributed by atoms with E-state index in [4.69, 9.17) is 28.1 Å². The second-order valence-electron chi connectivity index (χ2n) is 12.7. The lowest BCUT2D eigenvalue weighted by Crippen LogP contribution is -1.90. The van der Waals surface area contributed by atoms with E-state index in [1.165, 1.54) is 34.6 Å². The van der Waals surface area contributed by atoms with E-state index in [0.29, 0.717) is 17.5 Å². The fourth-order valence-corrected chi connectivity index (χ4v) is 10.1. The smallest absolute Gasteiger partial charge is 0.173 e. The normalized spacial score (nSPS) is 11.4. The lowest BCUT2D eigenvalue weighted by atomic mass is 10.0. The van der Waals surface area contributed by atoms with Gasteiger partial charge in [0, 0.05) is 50.1 Å². The van der Waals surface area contributed by atoms with Gasteiger partial charge in [0.05, 0.1) is 0 Å². The zero-order valence-corrected chi connectivity index (χ0v) is 34.9. The number of nitrogens with zero attached hydrogens (tertiary/aromatic N) is 12. The molecule has 0 saturated heterocycles. The molecule has 0 radical (unpaired) electrons. The molecule has 0 amide bonds. The van der Waals surface area contributed by atoms with Crippen molar-refractivity contribution in [3.63, 3.8) is 0 Å². The molecule has 18 heteroatoms. The van der Waals surface area contributed by atoms with Gasteiger partial charge in [-0.25, -0.2) is 15.0 Å². The summed E-state index contributed by atoms with van der Waals surface area (Å²) >= 11 is 8.72. The van der Waals surface area contributed by atoms with Crippen molar-refractivity contribution < 1.29 is 0 Å². The zero-order chi connectivity index (χ0) is 38.5. The van der Waals surface area contributed by atoms with Gasteiger partial charge in [-0.15, -0.1) is 30.6 Å². The van der Waals surface area contributed by atoms with Crippen molar-refractivity contribution in [3.8, 4) is 97.6 Å². The molecule has 0 bridgehead atoms. The summed E-state index contributed by atoms with van der Waals surface area (Å²) < 4.78 is 14.5. The van der Waals surface area contributed by atoms with Crippen LogP contribution in [0.5, 0.6) is 0 Å². The summed E-state index contributed by atoms with van der Waals surface area (Å²) in [6.07, 6.45) is 0. The quantitative estimate of drug-likeness (QED) is 0.136. The Morgan fingerprint density at radius 1 is 0.316 bits per heavy atom. The van der Waals surface area contributed by atoms with Gasteiger partial charge in [-0.2, -0.15) is 13.1 Å². The Kier molecular flexibility index (Phi) is 9.35. The highest BCUT2D eigenvalue weighted by atomic mass is 32.1. The molecule has 6 aromatic heterocycles. The average Bonchev–Trinajstić information content (AvgIpc) is 4.10. The molecular formula is C39H24N12S6. The number of aromatic nitrogens is 12. The van der Waals surface area contributed by atoms with Gasteiger partial charge in [-0.3, -0.25) is 0 Å². The molecule has 12 nitrogen and oxygen atoms in total. The Balaban J connectivity index is 1.03. The third kappa shape index (κ3) is 7.34. The molecule has 0 fully saturated rings. The minimum absolute atomic E-state index is 0.585. The van der Waals surface area contributed by atoms with E-state index in [1.807, 2.05) is 93.6 Å². The van der Waals surface area contributed by atoms with Gasteiger partial charge in [-0.05, 0) is 91.8 Å². The molecular weight excluding hydrogens is 829 g/mol. The van der Waals surface area contributed by atoms with Crippen LogP contribution in [-0.2, 0) is 0 Å². The van der Waals surface area contributed by atoms with Crippen LogP contribution in [0.1, 0.15) is 15.0 Å². The Morgan fingerprint density at radius 3 is 0.842 bits per heavy atom. The van der Waals surface area contributed by atoms with Crippen molar-refractivity contribution in [1.29, 1.82) is 0 Å². The van der Waals surface area contributed by atoms with E-state index in [1.54, 1.807) is 34.0 Å². The average molecular weight is 853 g/mol. The monoisotopic (exact) mass is 852 g/mol. The van der Waals surface area contributed by atoms with Gasteiger partial charge in [-0.1, -0.05) is 88.6 Å². The summed E-state index contributed by atoms with van der Waals surface area (Å²) in [6.45, 7) is 5.86. The van der Waals surface area contributed by atoms with E-state index in [-0.39, 0.29) is 0 Å². The van der Waals surface area contributed by atoms with E-state index >= 15 is 0 Å². The van der Waals surface area contributed by atoms with Gasteiger partial charge in [0.1, 0.15) is 45.1 Å². The molecule has 10 rings (SSSR count). The van der Waals surface area contributed by atoms with Crippen LogP contribution in [0.15, 0.2) is 91.0 Å². The van der Waals surface area contributed by atoms with Crippen LogP contribution >= 0.6 is 68.6 Å². The number of aryl methyl sites for hydroxylation is 3. The molecule has 57 heavy (non-hydrogen) atoms. The van der Waals surface area contributed by atoms with Gasteiger partial charge >= 0.3 is 0 Å². The molecule has 6 heterocycles. The first-order valence-corrected chi connectivity index (χ1v) is 22.1. The summed E-state index contributed by atoms with van der Waals surface area (Å²) in [7, 11) is 0. The minimum atomic E-state index is 0.585. The van der Waals surface area contributed by atoms with E-state index < -0.39 is 0 Å². The van der Waals surface area contributed by atoms with E-state index in [0.717, 1.165) is 95.1 Å². The highest BCUT2D eigenvalue weighted by Gasteiger charge is 2.19. The standard InChI is InChI=1S/C39H24N12S6/c1-19-43-46-37(52-19)25-10-4-7-22(13-25)34-40-31(49-55-34)28-16-29(32-41-35(56-50-32)23-8-5-11-26(14-23)38-47-44-20(2)53-38)18-30(17-28)33-42-36(57-51-33)24-9-6-12-27(15-24)39-48-45-21(3)54-39/h4-18H,1-3H3. The SMILES string of the molecule is Cc1nnc(-c2cccc(-c3nc(-c4cc(-c5nsc(-c6cccc(-c7nnc(C)s7)c6)n5)cc(-c5nsc(-c6cccc(-c7nnc(C)s7)c6)n5)c4)ns3)c2)s1. The second kappa shape index (κ2) is 15.0. The molecule has 0 unspecified atom stereocenters. The van der Waals surface area contributed by atoms with Gasteiger partial charge in [0.2, 0.25) is 0 Å². The molecule has 0 saturated carbocycles. The Labute approximate surface area is 349 Å². The van der Waals surface area contributed by atoms with E-state index in [9.17, 15) is 0 Å². The number of benzene rings is 4. The van der Waals surface area contributed by atoms with Crippen molar-refractivity contribution in [3.05, 3.63) is 106 Å². The molecule has 0 atom stereocenters. The third-order valence-corrected chi connectivity index (χ3v) is 13.6. The highest BCUT2D eigenvalue weighted by molar-refractivity contribution is 7.15. The lowest BCUT2D eigenvalue weighted by Gasteiger charge is -2.05. The predicted molar refractivity (Wildman–Crippen MR) is 230 cm³/mol. The van der Waals surface area contributed by atoms with Crippen molar-refractivity contribution in [2.75, 3.05) is 0 Å². The molecule has 0 spiro atoms. The predicted octanol–water partition coefficient (Wildman–Crippen LogP) is 10.7. The van der Waals surface area contributed by atoms with Crippen LogP contribution in [0.25, 0.3) is 97.6 Å². The second-order valence-corrected chi connectivity index (χ2v) is 18.5. The molecule has 4 aromatic carbocycles. The van der Waals surface area contributed by atoms with Crippen LogP contribution < -0.4 is 0 Å².